The molecule has 0 aliphatic carbocycles. The maximum Gasteiger partial charge on any atom is 0.164 e. The molecule has 61 heavy (non-hydrogen) atoms. The van der Waals surface area contributed by atoms with Crippen molar-refractivity contribution in [3.05, 3.63) is 152 Å². The van der Waals surface area contributed by atoms with Gasteiger partial charge in [0.25, 0.3) is 0 Å². The third kappa shape index (κ3) is 7.99. The quantitative estimate of drug-likeness (QED) is 0.135. The van der Waals surface area contributed by atoms with Crippen LogP contribution in [0.15, 0.2) is 156 Å². The van der Waals surface area contributed by atoms with Crippen molar-refractivity contribution in [1.82, 2.24) is 19.9 Å². The Hall–Kier alpha value is -6.07. The molecule has 0 unspecified atom stereocenters. The van der Waals surface area contributed by atoms with E-state index in [0.717, 1.165) is 60.9 Å². The van der Waals surface area contributed by atoms with Gasteiger partial charge in [0.05, 0.1) is 24.2 Å². The van der Waals surface area contributed by atoms with Crippen LogP contribution in [0, 0.1) is 0 Å². The van der Waals surface area contributed by atoms with Gasteiger partial charge in [0.1, 0.15) is 11.2 Å². The molecule has 0 saturated carbocycles. The topological polar surface area (TPSA) is 64.7 Å². The lowest BCUT2D eigenvalue weighted by Gasteiger charge is -2.32. The second-order valence-corrected chi connectivity index (χ2v) is 34.4. The third-order valence-corrected chi connectivity index (χ3v) is 17.6. The van der Waals surface area contributed by atoms with Crippen LogP contribution in [0.1, 0.15) is 0 Å². The zero-order valence-corrected chi connectivity index (χ0v) is 39.6. The number of rotatable bonds is 9. The van der Waals surface area contributed by atoms with Gasteiger partial charge in [-0.25, -0.2) is 15.0 Å². The first kappa shape index (κ1) is 40.3. The van der Waals surface area contributed by atoms with Crippen molar-refractivity contribution in [2.75, 3.05) is 0 Å². The van der Waals surface area contributed by atoms with Gasteiger partial charge in [-0.3, -0.25) is 4.98 Å². The highest BCUT2D eigenvalue weighted by Crippen LogP contribution is 2.37. The van der Waals surface area contributed by atoms with Crippen molar-refractivity contribution in [3.8, 4) is 67.5 Å². The summed E-state index contributed by atoms with van der Waals surface area (Å²) >= 11 is 0. The Morgan fingerprint density at radius 3 is 1.54 bits per heavy atom. The molecule has 0 fully saturated rings. The van der Waals surface area contributed by atoms with E-state index >= 15 is 0 Å². The fourth-order valence-corrected chi connectivity index (χ4v) is 13.1. The molecule has 0 spiro atoms. The summed E-state index contributed by atoms with van der Waals surface area (Å²) in [7, 11) is -5.01. The largest absolute Gasteiger partial charge is 0.456 e. The van der Waals surface area contributed by atoms with Gasteiger partial charge in [-0.05, 0) is 52.6 Å². The Bertz CT molecular complexity index is 3060. The molecule has 0 aliphatic rings. The number of aromatic nitrogens is 4. The fraction of sp³-hybridized carbons (Fsp3) is 0.170. The van der Waals surface area contributed by atoms with Crippen molar-refractivity contribution in [3.63, 3.8) is 0 Å². The second kappa shape index (κ2) is 15.4. The Morgan fingerprint density at radius 1 is 0.393 bits per heavy atom. The van der Waals surface area contributed by atoms with Crippen molar-refractivity contribution in [1.29, 1.82) is 0 Å². The minimum Gasteiger partial charge on any atom is -0.456 e. The molecule has 3 heterocycles. The summed E-state index contributed by atoms with van der Waals surface area (Å²) in [5.41, 5.74) is 11.5. The number of benzene rings is 6. The smallest absolute Gasteiger partial charge is 0.164 e. The molecule has 8 heteroatoms. The molecule has 0 bridgehead atoms. The Morgan fingerprint density at radius 2 is 0.885 bits per heavy atom. The molecule has 9 rings (SSSR count). The molecule has 0 N–H and O–H groups in total. The Balaban J connectivity index is 1.14. The van der Waals surface area contributed by atoms with Crippen LogP contribution in [-0.2, 0) is 0 Å². The van der Waals surface area contributed by atoms with Gasteiger partial charge in [0.15, 0.2) is 17.5 Å². The monoisotopic (exact) mass is 844 g/mol. The highest BCUT2D eigenvalue weighted by atomic mass is 28.3. The minimum absolute atomic E-state index is 0.602. The summed E-state index contributed by atoms with van der Waals surface area (Å²) in [4.78, 5) is 20.3. The second-order valence-electron chi connectivity index (χ2n) is 19.3. The van der Waals surface area contributed by atoms with Crippen LogP contribution in [0.25, 0.3) is 89.5 Å². The number of fused-ring (bicyclic) bond motifs is 3. The normalized spacial score (nSPS) is 12.3. The lowest BCUT2D eigenvalue weighted by molar-refractivity contribution is 0.669. The highest BCUT2D eigenvalue weighted by molar-refractivity contribution is 6.95. The summed E-state index contributed by atoms with van der Waals surface area (Å²) in [5, 5.41) is 6.71. The molecule has 0 radical (unpaired) electrons. The molecular formula is C53H52N4OSi3. The first-order valence-corrected chi connectivity index (χ1v) is 31.7. The summed E-state index contributed by atoms with van der Waals surface area (Å²) in [6.07, 6.45) is 4.11. The van der Waals surface area contributed by atoms with E-state index in [9.17, 15) is 0 Å². The maximum atomic E-state index is 6.26. The SMILES string of the molecule is C[Si](C)(C)c1cc([Si](C)(C)C)c(-c2cncc(-c3cccc(-c4cccc(-c5nc(-c6ccccc6)nc(-c6cccc7oc8ccccc8c67)n5)c4)c3)c2)c([Si](C)(C)C)c1. The lowest BCUT2D eigenvalue weighted by Crippen LogP contribution is -2.53. The molecule has 3 aromatic heterocycles. The Kier molecular flexibility index (Phi) is 10.2. The number of para-hydroxylation sites is 1. The summed E-state index contributed by atoms with van der Waals surface area (Å²) < 4.78 is 6.26. The van der Waals surface area contributed by atoms with E-state index in [4.69, 9.17) is 24.4 Å². The van der Waals surface area contributed by atoms with E-state index in [2.05, 4.69) is 144 Å². The van der Waals surface area contributed by atoms with Crippen molar-refractivity contribution in [2.24, 2.45) is 0 Å². The summed E-state index contributed by atoms with van der Waals surface area (Å²) in [6, 6.07) is 49.2. The van der Waals surface area contributed by atoms with Gasteiger partial charge in [-0.2, -0.15) is 0 Å². The molecular weight excluding hydrogens is 793 g/mol. The van der Waals surface area contributed by atoms with Gasteiger partial charge in [-0.15, -0.1) is 0 Å². The van der Waals surface area contributed by atoms with E-state index in [0.29, 0.717) is 17.5 Å². The predicted octanol–water partition coefficient (Wildman–Crippen LogP) is 12.8. The van der Waals surface area contributed by atoms with Crippen LogP contribution < -0.4 is 15.6 Å². The van der Waals surface area contributed by atoms with Crippen LogP contribution in [0.4, 0.5) is 0 Å². The zero-order chi connectivity index (χ0) is 42.7. The maximum absolute atomic E-state index is 6.26. The van der Waals surface area contributed by atoms with Crippen molar-refractivity contribution >= 4 is 61.7 Å². The Labute approximate surface area is 362 Å². The first-order valence-electron chi connectivity index (χ1n) is 21.2. The molecule has 6 aromatic carbocycles. The van der Waals surface area contributed by atoms with Crippen LogP contribution in [-0.4, -0.2) is 44.2 Å². The van der Waals surface area contributed by atoms with Crippen LogP contribution >= 0.6 is 0 Å². The first-order chi connectivity index (χ1) is 29.1. The number of hydrogen-bond donors (Lipinski definition) is 0. The van der Waals surface area contributed by atoms with Gasteiger partial charge in [-0.1, -0.05) is 184 Å². The summed E-state index contributed by atoms with van der Waals surface area (Å²) in [5.74, 6) is 1.83. The number of furan rings is 1. The standard InChI is InChI=1S/C53H52N4OSi3/c1-59(2,3)42-31-47(60(4,5)6)49(48(32-42)61(7,8)9)41-30-40(33-54-34-41)38-22-15-20-36(28-38)37-21-16-23-39(29-37)52-55-51(35-18-11-10-12-19-35)56-53(57-52)44-25-17-27-46-50(44)43-24-13-14-26-45(43)58-46/h10-34H,1-9H3. The molecule has 0 saturated heterocycles. The third-order valence-electron chi connectivity index (χ3n) is 11.6. The molecule has 0 atom stereocenters. The fourth-order valence-electron chi connectivity index (χ4n) is 8.32. The number of pyridine rings is 1. The molecule has 9 aromatic rings. The van der Waals surface area contributed by atoms with E-state index in [-0.39, 0.29) is 0 Å². The van der Waals surface area contributed by atoms with Crippen LogP contribution in [0.3, 0.4) is 0 Å². The van der Waals surface area contributed by atoms with Crippen molar-refractivity contribution in [2.45, 2.75) is 58.9 Å². The van der Waals surface area contributed by atoms with Gasteiger partial charge in [0, 0.05) is 51.0 Å². The van der Waals surface area contributed by atoms with Crippen LogP contribution in [0.5, 0.6) is 0 Å². The minimum atomic E-state index is -1.73. The average Bonchev–Trinajstić information content (AvgIpc) is 3.64. The van der Waals surface area contributed by atoms with Crippen molar-refractivity contribution < 1.29 is 4.42 Å². The summed E-state index contributed by atoms with van der Waals surface area (Å²) in [6.45, 7) is 22.4. The van der Waals surface area contributed by atoms with E-state index in [1.807, 2.05) is 66.9 Å². The molecule has 0 amide bonds. The average molecular weight is 845 g/mol. The highest BCUT2D eigenvalue weighted by Gasteiger charge is 2.32. The number of hydrogen-bond acceptors (Lipinski definition) is 5. The molecule has 0 aliphatic heterocycles. The predicted molar refractivity (Wildman–Crippen MR) is 266 cm³/mol. The lowest BCUT2D eigenvalue weighted by atomic mass is 9.97. The molecule has 302 valence electrons. The van der Waals surface area contributed by atoms with E-state index < -0.39 is 24.2 Å². The zero-order valence-electron chi connectivity index (χ0n) is 36.6. The number of nitrogens with zero attached hydrogens (tertiary/aromatic N) is 4. The van der Waals surface area contributed by atoms with E-state index in [1.54, 1.807) is 15.6 Å². The van der Waals surface area contributed by atoms with Gasteiger partial charge in [0.2, 0.25) is 0 Å². The van der Waals surface area contributed by atoms with Crippen LogP contribution in [0.2, 0.25) is 58.9 Å². The van der Waals surface area contributed by atoms with Gasteiger partial charge < -0.3 is 4.42 Å². The van der Waals surface area contributed by atoms with Gasteiger partial charge >= 0.3 is 0 Å². The molecule has 5 nitrogen and oxygen atoms in total. The van der Waals surface area contributed by atoms with E-state index in [1.165, 1.54) is 11.1 Å².